The fraction of sp³-hybridized carbons (Fsp3) is 0.294. The van der Waals surface area contributed by atoms with Crippen molar-refractivity contribution in [3.05, 3.63) is 131 Å². The van der Waals surface area contributed by atoms with Gasteiger partial charge in [-0.25, -0.2) is 8.78 Å². The highest BCUT2D eigenvalue weighted by molar-refractivity contribution is 5.31. The lowest BCUT2D eigenvalue weighted by Crippen LogP contribution is -2.16. The van der Waals surface area contributed by atoms with Crippen LogP contribution >= 0.6 is 0 Å². The molecular weight excluding hydrogens is 494 g/mol. The van der Waals surface area contributed by atoms with Gasteiger partial charge in [0.05, 0.1) is 12.2 Å². The van der Waals surface area contributed by atoms with Gasteiger partial charge in [0.1, 0.15) is 37.1 Å². The van der Waals surface area contributed by atoms with E-state index in [0.717, 1.165) is 33.8 Å². The molecule has 4 aromatic carbocycles. The first kappa shape index (κ1) is 28.3. The van der Waals surface area contributed by atoms with Gasteiger partial charge < -0.3 is 14.2 Å². The van der Waals surface area contributed by atoms with Crippen molar-refractivity contribution in [1.82, 2.24) is 0 Å². The lowest BCUT2D eigenvalue weighted by molar-refractivity contribution is -0.0412. The molecule has 0 radical (unpaired) electrons. The molecule has 39 heavy (non-hydrogen) atoms. The Balaban J connectivity index is 1.44. The van der Waals surface area contributed by atoms with Crippen LogP contribution in [-0.4, -0.2) is 12.3 Å². The van der Waals surface area contributed by atoms with Crippen molar-refractivity contribution in [1.29, 1.82) is 0 Å². The molecule has 4 rings (SSSR count). The van der Waals surface area contributed by atoms with E-state index in [9.17, 15) is 8.78 Å². The van der Waals surface area contributed by atoms with Gasteiger partial charge in [0.15, 0.2) is 0 Å². The van der Waals surface area contributed by atoms with Crippen molar-refractivity contribution in [3.8, 4) is 11.5 Å². The maximum atomic E-state index is 14.2. The molecule has 0 bridgehead atoms. The molecule has 0 aliphatic carbocycles. The molecule has 0 amide bonds. The fourth-order valence-corrected chi connectivity index (χ4v) is 4.37. The van der Waals surface area contributed by atoms with Crippen LogP contribution in [0, 0.1) is 0 Å². The van der Waals surface area contributed by atoms with Crippen molar-refractivity contribution in [2.45, 2.75) is 64.5 Å². The van der Waals surface area contributed by atoms with Gasteiger partial charge in [0, 0.05) is 12.8 Å². The summed E-state index contributed by atoms with van der Waals surface area (Å²) in [6, 6.07) is 34.9. The first-order valence-electron chi connectivity index (χ1n) is 13.4. The Labute approximate surface area is 230 Å². The molecule has 204 valence electrons. The lowest BCUT2D eigenvalue weighted by Gasteiger charge is -2.27. The molecule has 0 N–H and O–H groups in total. The second-order valence-corrected chi connectivity index (χ2v) is 9.83. The molecule has 0 saturated heterocycles. The van der Waals surface area contributed by atoms with E-state index in [1.807, 2.05) is 109 Å². The monoisotopic (exact) mass is 530 g/mol. The van der Waals surface area contributed by atoms with Gasteiger partial charge >= 0.3 is 0 Å². The second kappa shape index (κ2) is 14.5. The number of benzene rings is 4. The summed E-state index contributed by atoms with van der Waals surface area (Å²) in [5, 5.41) is 0. The Bertz CT molecular complexity index is 1130. The van der Waals surface area contributed by atoms with Crippen LogP contribution in [0.1, 0.15) is 61.2 Å². The normalized spacial score (nSPS) is 14.3. The summed E-state index contributed by atoms with van der Waals surface area (Å²) >= 11 is 0. The molecule has 0 aromatic heterocycles. The van der Waals surface area contributed by atoms with Crippen LogP contribution in [0.25, 0.3) is 0 Å². The number of halogens is 2. The zero-order valence-corrected chi connectivity index (χ0v) is 22.5. The molecule has 0 fully saturated rings. The van der Waals surface area contributed by atoms with Crippen molar-refractivity contribution in [2.24, 2.45) is 0 Å². The maximum absolute atomic E-state index is 14.2. The number of ether oxygens (including phenoxy) is 3. The van der Waals surface area contributed by atoms with Gasteiger partial charge in [0.25, 0.3) is 0 Å². The summed E-state index contributed by atoms with van der Waals surface area (Å²) in [6.07, 6.45) is -2.90. The van der Waals surface area contributed by atoms with Gasteiger partial charge in [-0.2, -0.15) is 0 Å². The minimum absolute atomic E-state index is 0.166. The van der Waals surface area contributed by atoms with Gasteiger partial charge in [-0.1, -0.05) is 84.9 Å². The SMILES string of the molecule is C[C@@H](F)CC(OC(C[C@@H](C)F)c1ccc(OCc2ccccc2)cc1)c1ccc(OCc2ccccc2)cc1. The number of alkyl halides is 2. The standard InChI is InChI=1S/C34H36F2O3/c1-25(35)21-33(29-13-17-31(18-14-29)37-23-27-9-5-3-6-10-27)39-34(22-26(2)36)30-15-19-32(20-16-30)38-24-28-11-7-4-8-12-28/h3-20,25-26,33-34H,21-24H2,1-2H3/t25-,26-,33?,34?/m1/s1. The average molecular weight is 531 g/mol. The topological polar surface area (TPSA) is 27.7 Å². The first-order chi connectivity index (χ1) is 19.0. The molecule has 5 heteroatoms. The fourth-order valence-electron chi connectivity index (χ4n) is 4.37. The average Bonchev–Trinajstić information content (AvgIpc) is 2.95. The molecule has 0 heterocycles. The Morgan fingerprint density at radius 2 is 0.872 bits per heavy atom. The van der Waals surface area contributed by atoms with Crippen LogP contribution in [-0.2, 0) is 18.0 Å². The number of hydrogen-bond acceptors (Lipinski definition) is 3. The summed E-state index contributed by atoms with van der Waals surface area (Å²) in [7, 11) is 0. The maximum Gasteiger partial charge on any atom is 0.119 e. The summed E-state index contributed by atoms with van der Waals surface area (Å²) in [5.74, 6) is 1.43. The Morgan fingerprint density at radius 1 is 0.513 bits per heavy atom. The van der Waals surface area contributed by atoms with Crippen LogP contribution in [0.2, 0.25) is 0 Å². The summed E-state index contributed by atoms with van der Waals surface area (Å²) in [5.41, 5.74) is 3.80. The number of rotatable bonds is 14. The molecular formula is C34H36F2O3. The predicted molar refractivity (Wildman–Crippen MR) is 151 cm³/mol. The molecule has 3 nitrogen and oxygen atoms in total. The summed E-state index contributed by atoms with van der Waals surface area (Å²) in [4.78, 5) is 0. The minimum Gasteiger partial charge on any atom is -0.489 e. The van der Waals surface area contributed by atoms with Gasteiger partial charge in [-0.15, -0.1) is 0 Å². The van der Waals surface area contributed by atoms with Gasteiger partial charge in [0.2, 0.25) is 0 Å². The lowest BCUT2D eigenvalue weighted by atomic mass is 10.0. The Morgan fingerprint density at radius 3 is 1.21 bits per heavy atom. The Hall–Kier alpha value is -3.70. The molecule has 0 spiro atoms. The highest BCUT2D eigenvalue weighted by Gasteiger charge is 2.24. The quantitative estimate of drug-likeness (QED) is 0.163. The number of hydrogen-bond donors (Lipinski definition) is 0. The third kappa shape index (κ3) is 9.22. The summed E-state index contributed by atoms with van der Waals surface area (Å²) < 4.78 is 46.7. The van der Waals surface area contributed by atoms with Crippen LogP contribution < -0.4 is 9.47 Å². The summed E-state index contributed by atoms with van der Waals surface area (Å²) in [6.45, 7) is 3.95. The van der Waals surface area contributed by atoms with E-state index in [-0.39, 0.29) is 12.8 Å². The molecule has 0 aliphatic heterocycles. The van der Waals surface area contributed by atoms with Gasteiger partial charge in [-0.05, 0) is 60.4 Å². The van der Waals surface area contributed by atoms with E-state index in [1.54, 1.807) is 0 Å². The largest absolute Gasteiger partial charge is 0.489 e. The van der Waals surface area contributed by atoms with E-state index < -0.39 is 24.6 Å². The zero-order chi connectivity index (χ0) is 27.5. The molecule has 4 aromatic rings. The molecule has 0 aliphatic rings. The van der Waals surface area contributed by atoms with E-state index in [1.165, 1.54) is 13.8 Å². The predicted octanol–water partition coefficient (Wildman–Crippen LogP) is 9.14. The van der Waals surface area contributed by atoms with E-state index >= 15 is 0 Å². The van der Waals surface area contributed by atoms with Crippen molar-refractivity contribution < 1.29 is 23.0 Å². The first-order valence-corrected chi connectivity index (χ1v) is 13.4. The third-order valence-corrected chi connectivity index (χ3v) is 6.41. The van der Waals surface area contributed by atoms with Crippen LogP contribution in [0.4, 0.5) is 8.78 Å². The van der Waals surface area contributed by atoms with Crippen molar-refractivity contribution in [2.75, 3.05) is 0 Å². The molecule has 4 atom stereocenters. The smallest absolute Gasteiger partial charge is 0.119 e. The Kier molecular flexibility index (Phi) is 10.5. The van der Waals surface area contributed by atoms with Crippen LogP contribution in [0.15, 0.2) is 109 Å². The van der Waals surface area contributed by atoms with E-state index in [4.69, 9.17) is 14.2 Å². The zero-order valence-electron chi connectivity index (χ0n) is 22.5. The second-order valence-electron chi connectivity index (χ2n) is 9.83. The highest BCUT2D eigenvalue weighted by Crippen LogP contribution is 2.35. The van der Waals surface area contributed by atoms with Crippen molar-refractivity contribution >= 4 is 0 Å². The van der Waals surface area contributed by atoms with Crippen LogP contribution in [0.3, 0.4) is 0 Å². The van der Waals surface area contributed by atoms with Gasteiger partial charge in [-0.3, -0.25) is 0 Å². The van der Waals surface area contributed by atoms with E-state index in [0.29, 0.717) is 13.2 Å². The van der Waals surface area contributed by atoms with Crippen LogP contribution in [0.5, 0.6) is 11.5 Å². The molecule has 2 unspecified atom stereocenters. The minimum atomic E-state index is -1.08. The highest BCUT2D eigenvalue weighted by atomic mass is 19.1. The van der Waals surface area contributed by atoms with Crippen molar-refractivity contribution in [3.63, 3.8) is 0 Å². The third-order valence-electron chi connectivity index (χ3n) is 6.41. The van der Waals surface area contributed by atoms with E-state index in [2.05, 4.69) is 0 Å². The molecule has 0 saturated carbocycles.